The van der Waals surface area contributed by atoms with Gasteiger partial charge >= 0.3 is 0 Å². The largest absolute Gasteiger partial charge is 0.339 e. The SMILES string of the molecule is O=C(c1ccc(Br)cc1F)N1CCC(Cc2ccccc2)CC1. The van der Waals surface area contributed by atoms with Crippen LogP contribution in [0.25, 0.3) is 0 Å². The van der Waals surface area contributed by atoms with Crippen molar-refractivity contribution in [2.75, 3.05) is 13.1 Å². The van der Waals surface area contributed by atoms with Gasteiger partial charge in [-0.05, 0) is 48.9 Å². The molecule has 1 aliphatic rings. The summed E-state index contributed by atoms with van der Waals surface area (Å²) in [6.45, 7) is 1.40. The molecule has 0 atom stereocenters. The maximum absolute atomic E-state index is 13.9. The van der Waals surface area contributed by atoms with Crippen LogP contribution in [0.2, 0.25) is 0 Å². The van der Waals surface area contributed by atoms with Crippen molar-refractivity contribution in [3.05, 3.63) is 69.9 Å². The van der Waals surface area contributed by atoms with Crippen LogP contribution in [-0.2, 0) is 6.42 Å². The Bertz CT molecular complexity index is 681. The quantitative estimate of drug-likeness (QED) is 0.762. The minimum Gasteiger partial charge on any atom is -0.339 e. The number of hydrogen-bond donors (Lipinski definition) is 0. The fraction of sp³-hybridized carbons (Fsp3) is 0.316. The van der Waals surface area contributed by atoms with Crippen molar-refractivity contribution in [1.29, 1.82) is 0 Å². The number of benzene rings is 2. The molecule has 1 fully saturated rings. The van der Waals surface area contributed by atoms with E-state index in [1.54, 1.807) is 17.0 Å². The predicted octanol–water partition coefficient (Wildman–Crippen LogP) is 4.68. The van der Waals surface area contributed by atoms with E-state index in [1.165, 1.54) is 11.6 Å². The van der Waals surface area contributed by atoms with E-state index in [1.807, 2.05) is 6.07 Å². The highest BCUT2D eigenvalue weighted by molar-refractivity contribution is 9.10. The first-order chi connectivity index (χ1) is 11.1. The van der Waals surface area contributed by atoms with Crippen molar-refractivity contribution < 1.29 is 9.18 Å². The van der Waals surface area contributed by atoms with E-state index in [9.17, 15) is 9.18 Å². The smallest absolute Gasteiger partial charge is 0.256 e. The summed E-state index contributed by atoms with van der Waals surface area (Å²) in [6.07, 6.45) is 2.99. The number of carbonyl (C=O) groups excluding carboxylic acids is 1. The van der Waals surface area contributed by atoms with Crippen LogP contribution < -0.4 is 0 Å². The highest BCUT2D eigenvalue weighted by Gasteiger charge is 2.25. The molecule has 120 valence electrons. The molecule has 2 nitrogen and oxygen atoms in total. The molecule has 0 aliphatic carbocycles. The summed E-state index contributed by atoms with van der Waals surface area (Å²) in [5, 5.41) is 0. The van der Waals surface area contributed by atoms with Crippen LogP contribution in [0.15, 0.2) is 53.0 Å². The third-order valence-electron chi connectivity index (χ3n) is 4.43. The lowest BCUT2D eigenvalue weighted by molar-refractivity contribution is 0.0686. The van der Waals surface area contributed by atoms with Gasteiger partial charge in [-0.25, -0.2) is 4.39 Å². The Hall–Kier alpha value is -1.68. The predicted molar refractivity (Wildman–Crippen MR) is 92.9 cm³/mol. The first kappa shape index (κ1) is 16.2. The third-order valence-corrected chi connectivity index (χ3v) is 4.92. The molecule has 23 heavy (non-hydrogen) atoms. The zero-order valence-corrected chi connectivity index (χ0v) is 14.4. The molecule has 4 heteroatoms. The zero-order valence-electron chi connectivity index (χ0n) is 12.8. The van der Waals surface area contributed by atoms with Gasteiger partial charge in [0.25, 0.3) is 5.91 Å². The van der Waals surface area contributed by atoms with Gasteiger partial charge in [-0.2, -0.15) is 0 Å². The molecule has 0 N–H and O–H groups in total. The van der Waals surface area contributed by atoms with Gasteiger partial charge < -0.3 is 4.90 Å². The summed E-state index contributed by atoms with van der Waals surface area (Å²) in [4.78, 5) is 14.2. The van der Waals surface area contributed by atoms with Gasteiger partial charge in [0, 0.05) is 17.6 Å². The van der Waals surface area contributed by atoms with Crippen molar-refractivity contribution in [1.82, 2.24) is 4.90 Å². The van der Waals surface area contributed by atoms with E-state index in [-0.39, 0.29) is 11.5 Å². The minimum absolute atomic E-state index is 0.162. The molecule has 0 unspecified atom stereocenters. The molecular weight excluding hydrogens is 357 g/mol. The van der Waals surface area contributed by atoms with Gasteiger partial charge in [0.2, 0.25) is 0 Å². The Balaban J connectivity index is 1.59. The molecule has 0 aromatic heterocycles. The number of amides is 1. The topological polar surface area (TPSA) is 20.3 Å². The summed E-state index contributed by atoms with van der Waals surface area (Å²) in [7, 11) is 0. The molecule has 0 spiro atoms. The number of hydrogen-bond acceptors (Lipinski definition) is 1. The van der Waals surface area contributed by atoms with Crippen LogP contribution in [0, 0.1) is 11.7 Å². The molecule has 0 saturated carbocycles. The van der Waals surface area contributed by atoms with E-state index in [0.717, 1.165) is 19.3 Å². The van der Waals surface area contributed by atoms with Crippen molar-refractivity contribution in [3.8, 4) is 0 Å². The molecule has 0 bridgehead atoms. The second kappa shape index (κ2) is 7.26. The normalized spacial score (nSPS) is 15.7. The van der Waals surface area contributed by atoms with Gasteiger partial charge in [0.15, 0.2) is 0 Å². The van der Waals surface area contributed by atoms with E-state index in [4.69, 9.17) is 0 Å². The fourth-order valence-electron chi connectivity index (χ4n) is 3.12. The Morgan fingerprint density at radius 1 is 1.13 bits per heavy atom. The molecule has 2 aromatic rings. The van der Waals surface area contributed by atoms with Crippen molar-refractivity contribution in [3.63, 3.8) is 0 Å². The second-order valence-corrected chi connectivity index (χ2v) is 6.97. The van der Waals surface area contributed by atoms with Crippen LogP contribution in [0.4, 0.5) is 4.39 Å². The molecule has 3 rings (SSSR count). The summed E-state index contributed by atoms with van der Waals surface area (Å²) >= 11 is 3.22. The average molecular weight is 376 g/mol. The van der Waals surface area contributed by atoms with E-state index >= 15 is 0 Å². The Kier molecular flexibility index (Phi) is 5.11. The lowest BCUT2D eigenvalue weighted by Gasteiger charge is -2.32. The van der Waals surface area contributed by atoms with Gasteiger partial charge in [-0.15, -0.1) is 0 Å². The second-order valence-electron chi connectivity index (χ2n) is 6.05. The molecule has 1 saturated heterocycles. The first-order valence-electron chi connectivity index (χ1n) is 7.92. The molecular formula is C19H19BrFNO. The van der Waals surface area contributed by atoms with Gasteiger partial charge in [0.1, 0.15) is 5.82 Å². The lowest BCUT2D eigenvalue weighted by Crippen LogP contribution is -2.39. The van der Waals surface area contributed by atoms with Gasteiger partial charge in [-0.1, -0.05) is 46.3 Å². The standard InChI is InChI=1S/C19H19BrFNO/c20-16-6-7-17(18(21)13-16)19(23)22-10-8-15(9-11-22)12-14-4-2-1-3-5-14/h1-7,13,15H,8-12H2. The monoisotopic (exact) mass is 375 g/mol. The third kappa shape index (κ3) is 3.99. The van der Waals surface area contributed by atoms with Crippen molar-refractivity contribution in [2.45, 2.75) is 19.3 Å². The van der Waals surface area contributed by atoms with E-state index in [0.29, 0.717) is 23.5 Å². The Labute approximate surface area is 144 Å². The van der Waals surface area contributed by atoms with Crippen molar-refractivity contribution in [2.24, 2.45) is 5.92 Å². The van der Waals surface area contributed by atoms with Crippen LogP contribution in [0.5, 0.6) is 0 Å². The minimum atomic E-state index is -0.462. The van der Waals surface area contributed by atoms with E-state index in [2.05, 4.69) is 40.2 Å². The van der Waals surface area contributed by atoms with Crippen molar-refractivity contribution >= 4 is 21.8 Å². The van der Waals surface area contributed by atoms with Crippen LogP contribution in [0.3, 0.4) is 0 Å². The summed E-state index contributed by atoms with van der Waals surface area (Å²) < 4.78 is 14.6. The highest BCUT2D eigenvalue weighted by atomic mass is 79.9. The number of likely N-dealkylation sites (tertiary alicyclic amines) is 1. The number of piperidine rings is 1. The zero-order chi connectivity index (χ0) is 16.2. The Morgan fingerprint density at radius 2 is 1.83 bits per heavy atom. The summed E-state index contributed by atoms with van der Waals surface area (Å²) in [6, 6.07) is 15.0. The number of rotatable bonds is 3. The van der Waals surface area contributed by atoms with Crippen LogP contribution >= 0.6 is 15.9 Å². The van der Waals surface area contributed by atoms with E-state index < -0.39 is 5.82 Å². The first-order valence-corrected chi connectivity index (χ1v) is 8.71. The molecule has 0 radical (unpaired) electrons. The lowest BCUT2D eigenvalue weighted by atomic mass is 9.90. The highest BCUT2D eigenvalue weighted by Crippen LogP contribution is 2.24. The average Bonchev–Trinajstić information content (AvgIpc) is 2.56. The number of halogens is 2. The van der Waals surface area contributed by atoms with Gasteiger partial charge in [0.05, 0.1) is 5.56 Å². The molecule has 2 aromatic carbocycles. The van der Waals surface area contributed by atoms with Crippen LogP contribution in [-0.4, -0.2) is 23.9 Å². The summed E-state index contributed by atoms with van der Waals surface area (Å²) in [5.41, 5.74) is 1.51. The summed E-state index contributed by atoms with van der Waals surface area (Å²) in [5.74, 6) is -0.0693. The van der Waals surface area contributed by atoms with Gasteiger partial charge in [-0.3, -0.25) is 4.79 Å². The fourth-order valence-corrected chi connectivity index (χ4v) is 3.45. The maximum atomic E-state index is 13.9. The Morgan fingerprint density at radius 3 is 2.48 bits per heavy atom. The maximum Gasteiger partial charge on any atom is 0.256 e. The number of nitrogens with zero attached hydrogens (tertiary/aromatic N) is 1. The molecule has 1 aliphatic heterocycles. The molecule has 1 amide bonds. The number of carbonyl (C=O) groups is 1. The van der Waals surface area contributed by atoms with Crippen LogP contribution in [0.1, 0.15) is 28.8 Å². The molecule has 1 heterocycles.